The van der Waals surface area contributed by atoms with E-state index < -0.39 is 61.9 Å². The van der Waals surface area contributed by atoms with Crippen molar-refractivity contribution in [3.05, 3.63) is 62.4 Å². The summed E-state index contributed by atoms with van der Waals surface area (Å²) in [5, 5.41) is 1.03. The quantitative estimate of drug-likeness (QED) is 0.0648. The average molecular weight is 765 g/mol. The lowest BCUT2D eigenvalue weighted by molar-refractivity contribution is -0.396. The van der Waals surface area contributed by atoms with Crippen molar-refractivity contribution in [2.45, 2.75) is 154 Å². The lowest BCUT2D eigenvalue weighted by atomic mass is 9.94. The van der Waals surface area contributed by atoms with Gasteiger partial charge in [0.2, 0.25) is 0 Å². The van der Waals surface area contributed by atoms with E-state index in [-0.39, 0.29) is 5.56 Å². The van der Waals surface area contributed by atoms with Crippen LogP contribution in [0.25, 0.3) is 22.3 Å². The first kappa shape index (κ1) is 41.9. The first-order chi connectivity index (χ1) is 24.0. The number of hydrogen-bond donors (Lipinski definition) is 0. The molecule has 0 N–H and O–H groups in total. The first-order valence-corrected chi connectivity index (χ1v) is 20.3. The van der Waals surface area contributed by atoms with Gasteiger partial charge in [0.25, 0.3) is 5.56 Å². The van der Waals surface area contributed by atoms with E-state index in [1.807, 2.05) is 32.0 Å². The van der Waals surface area contributed by atoms with Crippen molar-refractivity contribution in [2.75, 3.05) is 0 Å². The maximum atomic E-state index is 15.0. The van der Waals surface area contributed by atoms with Crippen molar-refractivity contribution in [2.24, 2.45) is 0 Å². The number of fused-ring (bicyclic) bond motifs is 4. The Bertz CT molecular complexity index is 1810. The summed E-state index contributed by atoms with van der Waals surface area (Å²) in [7, 11) is -3.70. The minimum absolute atomic E-state index is 0.295. The van der Waals surface area contributed by atoms with Gasteiger partial charge in [-0.1, -0.05) is 72.4 Å². The fraction of sp³-hybridized carbons (Fsp3) is 0.632. The van der Waals surface area contributed by atoms with Crippen LogP contribution < -0.4 is 5.56 Å². The lowest BCUT2D eigenvalue weighted by Crippen LogP contribution is -2.61. The minimum atomic E-state index is -6.96. The predicted octanol–water partition coefficient (Wildman–Crippen LogP) is 12.3. The van der Waals surface area contributed by atoms with Crippen LogP contribution in [-0.2, 0) is 17.4 Å². The third-order valence-electron chi connectivity index (χ3n) is 10.8. The Kier molecular flexibility index (Phi) is 12.2. The monoisotopic (exact) mass is 764 g/mol. The van der Waals surface area contributed by atoms with Gasteiger partial charge in [0.05, 0.1) is 29.6 Å². The number of benzene rings is 1. The van der Waals surface area contributed by atoms with Crippen LogP contribution in [0.15, 0.2) is 29.1 Å². The number of hydrogen-bond acceptors (Lipinski definition) is 3. The standard InChI is InChI=1S/C38H49F9N2O2Si/c1-9-11-12-14-26-28-19-24(7)15-16-30(28)48-33-29(26)21-49-31(33)20-27(25(8)34(49)50)32(13-10-2)51-52(22(3)4,23(5)6)18-17-35(39,40)36(41,42)37(43,44)38(45,46)47/h15-16,19-20,22-23,32H,9-14,17-18,21H2,1-8H3. The summed E-state index contributed by atoms with van der Waals surface area (Å²) in [6.07, 6.45) is -5.08. The Balaban J connectivity index is 1.82. The Hall–Kier alpha value is -2.87. The van der Waals surface area contributed by atoms with Gasteiger partial charge < -0.3 is 8.99 Å². The highest BCUT2D eigenvalue weighted by molar-refractivity contribution is 6.76. The van der Waals surface area contributed by atoms with Crippen molar-refractivity contribution in [1.82, 2.24) is 9.55 Å². The molecule has 0 bridgehead atoms. The van der Waals surface area contributed by atoms with E-state index in [4.69, 9.17) is 9.41 Å². The van der Waals surface area contributed by atoms with E-state index in [1.165, 1.54) is 0 Å². The summed E-state index contributed by atoms with van der Waals surface area (Å²) in [6.45, 7) is 14.5. The molecule has 0 fully saturated rings. The maximum Gasteiger partial charge on any atom is 0.460 e. The Labute approximate surface area is 300 Å². The number of nitrogens with zero attached hydrogens (tertiary/aromatic N) is 2. The lowest BCUT2D eigenvalue weighted by Gasteiger charge is -2.43. The molecule has 0 radical (unpaired) electrons. The molecule has 0 saturated heterocycles. The molecule has 1 aromatic carbocycles. The molecule has 14 heteroatoms. The minimum Gasteiger partial charge on any atom is -0.409 e. The number of aromatic nitrogens is 2. The maximum absolute atomic E-state index is 15.0. The number of halogens is 9. The highest BCUT2D eigenvalue weighted by Gasteiger charge is 2.81. The van der Waals surface area contributed by atoms with Crippen LogP contribution in [0.5, 0.6) is 0 Å². The zero-order chi connectivity index (χ0) is 39.2. The van der Waals surface area contributed by atoms with Gasteiger partial charge in [0, 0.05) is 22.9 Å². The highest BCUT2D eigenvalue weighted by Crippen LogP contribution is 2.56. The number of alkyl halides is 9. The van der Waals surface area contributed by atoms with Crippen molar-refractivity contribution >= 4 is 19.2 Å². The SMILES string of the molecule is CCCCCc1c2c(nc3ccc(C)cc13)-c1cc(C(CCC)O[Si](CCC(F)(F)C(F)(F)C(F)(F)C(F)(F)F)(C(C)C)C(C)C)c(C)c(=O)n1C2. The van der Waals surface area contributed by atoms with Gasteiger partial charge in [0.1, 0.15) is 0 Å². The molecule has 0 spiro atoms. The summed E-state index contributed by atoms with van der Waals surface area (Å²) in [4.78, 5) is 19.1. The number of pyridine rings is 2. The number of rotatable bonds is 16. The summed E-state index contributed by atoms with van der Waals surface area (Å²) in [5.74, 6) is -19.4. The van der Waals surface area contributed by atoms with E-state index in [2.05, 4.69) is 13.0 Å². The molecule has 1 unspecified atom stereocenters. The second kappa shape index (κ2) is 15.1. The van der Waals surface area contributed by atoms with Crippen LogP contribution >= 0.6 is 0 Å². The van der Waals surface area contributed by atoms with E-state index >= 15 is 0 Å². The molecule has 4 rings (SSSR count). The predicted molar refractivity (Wildman–Crippen MR) is 188 cm³/mol. The molecular formula is C38H49F9N2O2Si. The summed E-state index contributed by atoms with van der Waals surface area (Å²) in [5.41, 5.74) is 4.58. The van der Waals surface area contributed by atoms with Gasteiger partial charge in [-0.25, -0.2) is 4.98 Å². The van der Waals surface area contributed by atoms with E-state index in [1.54, 1.807) is 39.2 Å². The van der Waals surface area contributed by atoms with Crippen LogP contribution in [0, 0.1) is 13.8 Å². The van der Waals surface area contributed by atoms with Gasteiger partial charge in [-0.2, -0.15) is 39.5 Å². The molecule has 2 aromatic heterocycles. The molecule has 4 nitrogen and oxygen atoms in total. The van der Waals surface area contributed by atoms with Crippen LogP contribution in [0.4, 0.5) is 39.5 Å². The molecule has 1 aliphatic rings. The molecule has 1 aliphatic heterocycles. The molecule has 290 valence electrons. The summed E-state index contributed by atoms with van der Waals surface area (Å²) in [6, 6.07) is 7.01. The van der Waals surface area contributed by atoms with E-state index in [9.17, 15) is 44.3 Å². The molecule has 0 amide bonds. The second-order valence-electron chi connectivity index (χ2n) is 14.9. The molecular weight excluding hydrogens is 715 g/mol. The molecule has 0 aliphatic carbocycles. The summed E-state index contributed by atoms with van der Waals surface area (Å²) >= 11 is 0. The van der Waals surface area contributed by atoms with Crippen LogP contribution in [0.3, 0.4) is 0 Å². The molecule has 52 heavy (non-hydrogen) atoms. The van der Waals surface area contributed by atoms with Gasteiger partial charge in [-0.15, -0.1) is 0 Å². The Morgan fingerprint density at radius 1 is 0.885 bits per heavy atom. The Morgan fingerprint density at radius 2 is 1.52 bits per heavy atom. The number of unbranched alkanes of at least 4 members (excludes halogenated alkanes) is 2. The van der Waals surface area contributed by atoms with Crippen LogP contribution in [0.1, 0.15) is 114 Å². The van der Waals surface area contributed by atoms with Gasteiger partial charge >= 0.3 is 23.9 Å². The van der Waals surface area contributed by atoms with Crippen molar-refractivity contribution < 1.29 is 43.9 Å². The summed E-state index contributed by atoms with van der Waals surface area (Å²) < 4.78 is 133. The topological polar surface area (TPSA) is 44.1 Å². The molecule has 0 saturated carbocycles. The van der Waals surface area contributed by atoms with Gasteiger partial charge in [-0.3, -0.25) is 4.79 Å². The first-order valence-electron chi connectivity index (χ1n) is 18.0. The zero-order valence-corrected chi connectivity index (χ0v) is 32.0. The second-order valence-corrected chi connectivity index (χ2v) is 19.9. The van der Waals surface area contributed by atoms with Crippen LogP contribution in [-0.4, -0.2) is 41.8 Å². The molecule has 3 heterocycles. The normalized spacial score (nSPS) is 14.8. The highest BCUT2D eigenvalue weighted by atomic mass is 28.4. The van der Waals surface area contributed by atoms with E-state index in [0.717, 1.165) is 53.3 Å². The third kappa shape index (κ3) is 7.31. The largest absolute Gasteiger partial charge is 0.460 e. The Morgan fingerprint density at radius 3 is 2.08 bits per heavy atom. The van der Waals surface area contributed by atoms with Crippen LogP contribution in [0.2, 0.25) is 17.1 Å². The van der Waals surface area contributed by atoms with Crippen molar-refractivity contribution in [1.29, 1.82) is 0 Å². The molecule has 3 aromatic rings. The molecule has 1 atom stereocenters. The van der Waals surface area contributed by atoms with Gasteiger partial charge in [0.15, 0.2) is 8.32 Å². The van der Waals surface area contributed by atoms with E-state index in [0.29, 0.717) is 41.9 Å². The third-order valence-corrected chi connectivity index (χ3v) is 16.4. The number of aryl methyl sites for hydroxylation is 2. The average Bonchev–Trinajstić information content (AvgIpc) is 3.41. The van der Waals surface area contributed by atoms with Crippen molar-refractivity contribution in [3.8, 4) is 11.4 Å². The fourth-order valence-electron chi connectivity index (χ4n) is 7.61. The smallest absolute Gasteiger partial charge is 0.409 e. The van der Waals surface area contributed by atoms with Crippen molar-refractivity contribution in [3.63, 3.8) is 0 Å². The zero-order valence-electron chi connectivity index (χ0n) is 31.0. The fourth-order valence-corrected chi connectivity index (χ4v) is 12.2. The van der Waals surface area contributed by atoms with Gasteiger partial charge in [-0.05, 0) is 79.6 Å².